The first kappa shape index (κ1) is 21.2. The molecular weight excluding hydrogens is 374 g/mol. The van der Waals surface area contributed by atoms with Gasteiger partial charge in [-0.25, -0.2) is 0 Å². The van der Waals surface area contributed by atoms with Crippen LogP contribution in [-0.2, 0) is 24.3 Å². The molecule has 0 aliphatic carbocycles. The van der Waals surface area contributed by atoms with E-state index in [0.29, 0.717) is 12.6 Å². The average Bonchev–Trinajstić information content (AvgIpc) is 2.70. The Morgan fingerprint density at radius 1 is 1.07 bits per heavy atom. The molecule has 1 unspecified atom stereocenters. The van der Waals surface area contributed by atoms with Crippen LogP contribution in [0.2, 0.25) is 0 Å². The second kappa shape index (κ2) is 10.3. The number of ether oxygens (including phenoxy) is 1. The summed E-state index contributed by atoms with van der Waals surface area (Å²) >= 11 is 0. The number of alkyl halides is 2. The fourth-order valence-corrected chi connectivity index (χ4v) is 3.63. The largest absolute Gasteiger partial charge is 0.435 e. The average molecular weight is 402 g/mol. The van der Waals surface area contributed by atoms with Gasteiger partial charge in [-0.2, -0.15) is 8.78 Å². The van der Waals surface area contributed by atoms with E-state index in [-0.39, 0.29) is 18.1 Å². The van der Waals surface area contributed by atoms with Crippen LogP contribution in [0.3, 0.4) is 0 Å². The highest BCUT2D eigenvalue weighted by molar-refractivity contribution is 5.78. The SMILES string of the molecule is CC1CCCCN1Cc1ccc(CNC(=O)Cc2ccc(OC(F)F)cc2)cc1. The number of hydrogen-bond acceptors (Lipinski definition) is 3. The Morgan fingerprint density at radius 2 is 1.72 bits per heavy atom. The summed E-state index contributed by atoms with van der Waals surface area (Å²) in [5.41, 5.74) is 3.09. The van der Waals surface area contributed by atoms with E-state index < -0.39 is 6.61 Å². The number of nitrogens with one attached hydrogen (secondary N) is 1. The van der Waals surface area contributed by atoms with Crippen LogP contribution in [0.4, 0.5) is 8.78 Å². The van der Waals surface area contributed by atoms with E-state index in [2.05, 4.69) is 46.1 Å². The zero-order valence-electron chi connectivity index (χ0n) is 16.7. The van der Waals surface area contributed by atoms with Crippen molar-refractivity contribution in [1.29, 1.82) is 0 Å². The second-order valence-electron chi connectivity index (χ2n) is 7.61. The monoisotopic (exact) mass is 402 g/mol. The summed E-state index contributed by atoms with van der Waals surface area (Å²) in [5.74, 6) is -0.0260. The number of likely N-dealkylation sites (tertiary alicyclic amines) is 1. The van der Waals surface area contributed by atoms with Crippen molar-refractivity contribution < 1.29 is 18.3 Å². The lowest BCUT2D eigenvalue weighted by molar-refractivity contribution is -0.120. The van der Waals surface area contributed by atoms with E-state index in [4.69, 9.17) is 0 Å². The Bertz CT molecular complexity index is 778. The minimum atomic E-state index is -2.85. The molecule has 1 aliphatic rings. The highest BCUT2D eigenvalue weighted by atomic mass is 19.3. The van der Waals surface area contributed by atoms with Crippen molar-refractivity contribution >= 4 is 5.91 Å². The molecule has 4 nitrogen and oxygen atoms in total. The smallest absolute Gasteiger partial charge is 0.387 e. The van der Waals surface area contributed by atoms with Gasteiger partial charge in [0.25, 0.3) is 0 Å². The Kier molecular flexibility index (Phi) is 7.58. The Balaban J connectivity index is 1.44. The maximum absolute atomic E-state index is 12.2. The highest BCUT2D eigenvalue weighted by Crippen LogP contribution is 2.19. The summed E-state index contributed by atoms with van der Waals surface area (Å²) < 4.78 is 28.6. The Hall–Kier alpha value is -2.47. The third kappa shape index (κ3) is 6.82. The van der Waals surface area contributed by atoms with Crippen molar-refractivity contribution in [3.63, 3.8) is 0 Å². The molecule has 0 spiro atoms. The van der Waals surface area contributed by atoms with E-state index >= 15 is 0 Å². The molecule has 0 bridgehead atoms. The van der Waals surface area contributed by atoms with Crippen molar-refractivity contribution in [3.05, 3.63) is 65.2 Å². The molecule has 1 saturated heterocycles. The number of halogens is 2. The van der Waals surface area contributed by atoms with Crippen molar-refractivity contribution in [2.45, 2.75) is 58.3 Å². The van der Waals surface area contributed by atoms with Gasteiger partial charge >= 0.3 is 6.61 Å². The zero-order chi connectivity index (χ0) is 20.6. The van der Waals surface area contributed by atoms with E-state index in [9.17, 15) is 13.6 Å². The number of carbonyl (C=O) groups excluding carboxylic acids is 1. The fourth-order valence-electron chi connectivity index (χ4n) is 3.63. The van der Waals surface area contributed by atoms with E-state index in [1.807, 2.05) is 0 Å². The van der Waals surface area contributed by atoms with Crippen LogP contribution >= 0.6 is 0 Å². The van der Waals surface area contributed by atoms with Crippen molar-refractivity contribution in [2.24, 2.45) is 0 Å². The van der Waals surface area contributed by atoms with E-state index in [0.717, 1.165) is 24.2 Å². The first-order chi connectivity index (χ1) is 14.0. The summed E-state index contributed by atoms with van der Waals surface area (Å²) in [6, 6.07) is 15.1. The number of benzene rings is 2. The molecular formula is C23H28F2N2O2. The molecule has 1 fully saturated rings. The van der Waals surface area contributed by atoms with Crippen LogP contribution < -0.4 is 10.1 Å². The lowest BCUT2D eigenvalue weighted by Gasteiger charge is -2.33. The van der Waals surface area contributed by atoms with Gasteiger partial charge in [-0.05, 0) is 55.1 Å². The highest BCUT2D eigenvalue weighted by Gasteiger charge is 2.17. The zero-order valence-corrected chi connectivity index (χ0v) is 16.7. The minimum Gasteiger partial charge on any atom is -0.435 e. The number of hydrogen-bond donors (Lipinski definition) is 1. The van der Waals surface area contributed by atoms with Crippen molar-refractivity contribution in [3.8, 4) is 5.75 Å². The third-order valence-electron chi connectivity index (χ3n) is 5.35. The lowest BCUT2D eigenvalue weighted by Crippen LogP contribution is -2.36. The molecule has 0 saturated carbocycles. The van der Waals surface area contributed by atoms with Crippen LogP contribution in [0.15, 0.2) is 48.5 Å². The number of amides is 1. The van der Waals surface area contributed by atoms with Gasteiger partial charge < -0.3 is 10.1 Å². The summed E-state index contributed by atoms with van der Waals surface area (Å²) in [4.78, 5) is 14.7. The first-order valence-electron chi connectivity index (χ1n) is 10.1. The molecule has 1 aliphatic heterocycles. The molecule has 156 valence electrons. The molecule has 1 N–H and O–H groups in total. The van der Waals surface area contributed by atoms with Gasteiger partial charge in [-0.3, -0.25) is 9.69 Å². The predicted octanol–water partition coefficient (Wildman–Crippen LogP) is 4.52. The third-order valence-corrected chi connectivity index (χ3v) is 5.35. The van der Waals surface area contributed by atoms with Crippen LogP contribution in [0.25, 0.3) is 0 Å². The summed E-state index contributed by atoms with van der Waals surface area (Å²) in [6.45, 7) is 2.04. The van der Waals surface area contributed by atoms with E-state index in [1.165, 1.54) is 37.0 Å². The van der Waals surface area contributed by atoms with Crippen LogP contribution in [0.5, 0.6) is 5.75 Å². The van der Waals surface area contributed by atoms with Gasteiger partial charge in [0.15, 0.2) is 0 Å². The van der Waals surface area contributed by atoms with Crippen LogP contribution in [0, 0.1) is 0 Å². The van der Waals surface area contributed by atoms with Gasteiger partial charge in [0.05, 0.1) is 6.42 Å². The molecule has 2 aromatic rings. The predicted molar refractivity (Wildman–Crippen MR) is 109 cm³/mol. The maximum atomic E-state index is 12.2. The van der Waals surface area contributed by atoms with Crippen molar-refractivity contribution in [2.75, 3.05) is 6.54 Å². The molecule has 3 rings (SSSR count). The number of rotatable bonds is 8. The summed E-state index contributed by atoms with van der Waals surface area (Å²) in [7, 11) is 0. The normalized spacial score (nSPS) is 17.3. The van der Waals surface area contributed by atoms with E-state index in [1.54, 1.807) is 12.1 Å². The standard InChI is InChI=1S/C23H28F2N2O2/c1-17-4-2-3-13-27(17)16-20-7-5-19(6-8-20)15-26-22(28)14-18-9-11-21(12-10-18)29-23(24)25/h5-12,17,23H,2-4,13-16H2,1H3,(H,26,28). The molecule has 29 heavy (non-hydrogen) atoms. The van der Waals surface area contributed by atoms with Crippen LogP contribution in [0.1, 0.15) is 42.9 Å². The second-order valence-corrected chi connectivity index (χ2v) is 7.61. The van der Waals surface area contributed by atoms with Gasteiger partial charge in [0.1, 0.15) is 5.75 Å². The first-order valence-corrected chi connectivity index (χ1v) is 10.1. The molecule has 0 aromatic heterocycles. The maximum Gasteiger partial charge on any atom is 0.387 e. The van der Waals surface area contributed by atoms with Crippen molar-refractivity contribution in [1.82, 2.24) is 10.2 Å². The molecule has 1 amide bonds. The van der Waals surface area contributed by atoms with Gasteiger partial charge in [-0.15, -0.1) is 0 Å². The number of nitrogens with zero attached hydrogens (tertiary/aromatic N) is 1. The molecule has 1 heterocycles. The summed E-state index contributed by atoms with van der Waals surface area (Å²) in [6.07, 6.45) is 4.06. The number of carbonyl (C=O) groups is 1. The Morgan fingerprint density at radius 3 is 2.38 bits per heavy atom. The van der Waals surface area contributed by atoms with Crippen LogP contribution in [-0.4, -0.2) is 30.0 Å². The van der Waals surface area contributed by atoms with Gasteiger partial charge in [0.2, 0.25) is 5.91 Å². The van der Waals surface area contributed by atoms with Gasteiger partial charge in [0, 0.05) is 19.1 Å². The Labute approximate surface area is 170 Å². The number of piperidine rings is 1. The lowest BCUT2D eigenvalue weighted by atomic mass is 10.0. The van der Waals surface area contributed by atoms with Gasteiger partial charge in [-0.1, -0.05) is 42.8 Å². The molecule has 1 atom stereocenters. The topological polar surface area (TPSA) is 41.6 Å². The molecule has 0 radical (unpaired) electrons. The summed E-state index contributed by atoms with van der Waals surface area (Å²) in [5, 5.41) is 2.90. The quantitative estimate of drug-likeness (QED) is 0.706. The minimum absolute atomic E-state index is 0.0863. The molecule has 6 heteroatoms. The molecule has 2 aromatic carbocycles. The fraction of sp³-hybridized carbons (Fsp3) is 0.435.